The molecule has 0 amide bonds. The Morgan fingerprint density at radius 3 is 2.33 bits per heavy atom. The van der Waals surface area contributed by atoms with Crippen LogP contribution < -0.4 is 5.73 Å². The molecule has 0 spiro atoms. The normalized spacial score (nSPS) is 21.5. The van der Waals surface area contributed by atoms with E-state index in [2.05, 4.69) is 4.74 Å². The van der Waals surface area contributed by atoms with E-state index < -0.39 is 6.04 Å². The fourth-order valence-corrected chi connectivity index (χ4v) is 2.38. The molecule has 3 nitrogen and oxygen atoms in total. The van der Waals surface area contributed by atoms with Gasteiger partial charge in [0.15, 0.2) is 0 Å². The highest BCUT2D eigenvalue weighted by Crippen LogP contribution is 2.25. The van der Waals surface area contributed by atoms with E-state index in [0.717, 1.165) is 6.42 Å². The molecule has 0 aromatic rings. The molecule has 0 aromatic carbocycles. The Morgan fingerprint density at radius 1 is 1.27 bits per heavy atom. The molecule has 1 aliphatic carbocycles. The van der Waals surface area contributed by atoms with Crippen molar-refractivity contribution in [1.29, 1.82) is 0 Å². The Kier molecular flexibility index (Phi) is 5.69. The molecule has 0 radical (unpaired) electrons. The van der Waals surface area contributed by atoms with Gasteiger partial charge in [0.05, 0.1) is 7.11 Å². The van der Waals surface area contributed by atoms with Crippen molar-refractivity contribution in [3.8, 4) is 0 Å². The average Bonchev–Trinajstić information content (AvgIpc) is 2.20. The first-order chi connectivity index (χ1) is 7.24. The van der Waals surface area contributed by atoms with Crippen LogP contribution >= 0.6 is 0 Å². The first kappa shape index (κ1) is 12.5. The third-order valence-electron chi connectivity index (χ3n) is 3.32. The van der Waals surface area contributed by atoms with Crippen LogP contribution in [0.5, 0.6) is 0 Å². The minimum Gasteiger partial charge on any atom is -0.468 e. The number of ether oxygens (including phenoxy) is 1. The maximum Gasteiger partial charge on any atom is 0.322 e. The quantitative estimate of drug-likeness (QED) is 0.731. The van der Waals surface area contributed by atoms with Crippen molar-refractivity contribution in [2.75, 3.05) is 7.11 Å². The zero-order chi connectivity index (χ0) is 11.1. The Balaban J connectivity index is 2.31. The smallest absolute Gasteiger partial charge is 0.322 e. The molecule has 15 heavy (non-hydrogen) atoms. The first-order valence-electron chi connectivity index (χ1n) is 6.07. The largest absolute Gasteiger partial charge is 0.468 e. The topological polar surface area (TPSA) is 52.3 Å². The van der Waals surface area contributed by atoms with E-state index >= 15 is 0 Å². The van der Waals surface area contributed by atoms with Crippen LogP contribution in [0, 0.1) is 5.92 Å². The molecule has 1 fully saturated rings. The molecule has 0 aromatic heterocycles. The van der Waals surface area contributed by atoms with Crippen LogP contribution in [0.25, 0.3) is 0 Å². The van der Waals surface area contributed by atoms with E-state index in [9.17, 15) is 4.79 Å². The first-order valence-corrected chi connectivity index (χ1v) is 6.07. The van der Waals surface area contributed by atoms with E-state index in [1.54, 1.807) is 0 Å². The second kappa shape index (κ2) is 6.83. The average molecular weight is 213 g/mol. The van der Waals surface area contributed by atoms with Crippen LogP contribution in [-0.2, 0) is 9.53 Å². The molecule has 0 saturated heterocycles. The van der Waals surface area contributed by atoms with Crippen molar-refractivity contribution >= 4 is 5.97 Å². The zero-order valence-electron chi connectivity index (χ0n) is 9.71. The Bertz CT molecular complexity index is 186. The highest BCUT2D eigenvalue weighted by Gasteiger charge is 2.20. The lowest BCUT2D eigenvalue weighted by atomic mass is 9.87. The van der Waals surface area contributed by atoms with Gasteiger partial charge in [0.25, 0.3) is 0 Å². The van der Waals surface area contributed by atoms with Gasteiger partial charge in [-0.05, 0) is 12.3 Å². The molecule has 1 saturated carbocycles. The standard InChI is InChI=1S/C12H23NO2/c1-15-12(14)11(13)9-10-7-5-3-2-4-6-8-10/h10-11H,2-9,13H2,1H3. The van der Waals surface area contributed by atoms with Gasteiger partial charge in [-0.1, -0.05) is 44.9 Å². The van der Waals surface area contributed by atoms with Gasteiger partial charge in [0.1, 0.15) is 6.04 Å². The number of nitrogens with two attached hydrogens (primary N) is 1. The summed E-state index contributed by atoms with van der Waals surface area (Å²) >= 11 is 0. The minimum absolute atomic E-state index is 0.267. The lowest BCUT2D eigenvalue weighted by Gasteiger charge is -2.21. The van der Waals surface area contributed by atoms with E-state index in [1.807, 2.05) is 0 Å². The second-order valence-corrected chi connectivity index (χ2v) is 4.58. The molecular formula is C12H23NO2. The fraction of sp³-hybridized carbons (Fsp3) is 0.917. The summed E-state index contributed by atoms with van der Waals surface area (Å²) in [6.45, 7) is 0. The summed E-state index contributed by atoms with van der Waals surface area (Å²) in [4.78, 5) is 11.2. The van der Waals surface area contributed by atoms with Gasteiger partial charge < -0.3 is 10.5 Å². The van der Waals surface area contributed by atoms with Crippen LogP contribution in [0.3, 0.4) is 0 Å². The van der Waals surface area contributed by atoms with Crippen molar-refractivity contribution in [2.45, 2.75) is 57.4 Å². The monoisotopic (exact) mass is 213 g/mol. The third-order valence-corrected chi connectivity index (χ3v) is 3.32. The summed E-state index contributed by atoms with van der Waals surface area (Å²) in [5.74, 6) is 0.358. The minimum atomic E-state index is -0.417. The van der Waals surface area contributed by atoms with Gasteiger partial charge in [0, 0.05) is 0 Å². The summed E-state index contributed by atoms with van der Waals surface area (Å²) in [5, 5.41) is 0. The third kappa shape index (κ3) is 4.65. The number of carbonyl (C=O) groups excluding carboxylic acids is 1. The van der Waals surface area contributed by atoms with Crippen molar-refractivity contribution in [3.05, 3.63) is 0 Å². The van der Waals surface area contributed by atoms with Gasteiger partial charge in [-0.3, -0.25) is 4.79 Å². The summed E-state index contributed by atoms with van der Waals surface area (Å²) in [5.41, 5.74) is 5.77. The molecule has 3 heteroatoms. The van der Waals surface area contributed by atoms with Crippen LogP contribution in [0.2, 0.25) is 0 Å². The molecule has 0 heterocycles. The van der Waals surface area contributed by atoms with E-state index in [4.69, 9.17) is 5.73 Å². The number of rotatable bonds is 3. The Morgan fingerprint density at radius 2 is 1.80 bits per heavy atom. The molecule has 1 atom stereocenters. The van der Waals surface area contributed by atoms with E-state index in [1.165, 1.54) is 52.1 Å². The number of hydrogen-bond donors (Lipinski definition) is 1. The van der Waals surface area contributed by atoms with Crippen molar-refractivity contribution in [1.82, 2.24) is 0 Å². The molecule has 2 N–H and O–H groups in total. The van der Waals surface area contributed by atoms with Crippen LogP contribution in [0.15, 0.2) is 0 Å². The maximum atomic E-state index is 11.2. The number of methoxy groups -OCH3 is 1. The molecule has 1 unspecified atom stereocenters. The van der Waals surface area contributed by atoms with Gasteiger partial charge in [0.2, 0.25) is 0 Å². The molecule has 1 rings (SSSR count). The highest BCUT2D eigenvalue weighted by molar-refractivity contribution is 5.75. The lowest BCUT2D eigenvalue weighted by Crippen LogP contribution is -2.33. The van der Waals surface area contributed by atoms with Crippen LogP contribution in [0.4, 0.5) is 0 Å². The van der Waals surface area contributed by atoms with Crippen molar-refractivity contribution < 1.29 is 9.53 Å². The molecular weight excluding hydrogens is 190 g/mol. The predicted molar refractivity (Wildman–Crippen MR) is 60.4 cm³/mol. The Hall–Kier alpha value is -0.570. The van der Waals surface area contributed by atoms with Crippen LogP contribution in [0.1, 0.15) is 51.4 Å². The molecule has 0 aliphatic heterocycles. The summed E-state index contributed by atoms with van der Waals surface area (Å²) in [6, 6.07) is -0.417. The summed E-state index contributed by atoms with van der Waals surface area (Å²) in [7, 11) is 1.40. The summed E-state index contributed by atoms with van der Waals surface area (Å²) < 4.78 is 4.65. The molecule has 1 aliphatic rings. The maximum absolute atomic E-state index is 11.2. The van der Waals surface area contributed by atoms with E-state index in [-0.39, 0.29) is 5.97 Å². The fourth-order valence-electron chi connectivity index (χ4n) is 2.38. The molecule has 0 bridgehead atoms. The van der Waals surface area contributed by atoms with Gasteiger partial charge in [-0.2, -0.15) is 0 Å². The molecule has 88 valence electrons. The summed E-state index contributed by atoms with van der Waals surface area (Å²) in [6.07, 6.45) is 9.88. The van der Waals surface area contributed by atoms with E-state index in [0.29, 0.717) is 5.92 Å². The van der Waals surface area contributed by atoms with Crippen molar-refractivity contribution in [2.24, 2.45) is 11.7 Å². The van der Waals surface area contributed by atoms with Crippen molar-refractivity contribution in [3.63, 3.8) is 0 Å². The van der Waals surface area contributed by atoms with Gasteiger partial charge in [-0.25, -0.2) is 0 Å². The van der Waals surface area contributed by atoms with Gasteiger partial charge in [-0.15, -0.1) is 0 Å². The van der Waals surface area contributed by atoms with Gasteiger partial charge >= 0.3 is 5.97 Å². The Labute approximate surface area is 92.4 Å². The lowest BCUT2D eigenvalue weighted by molar-refractivity contribution is -0.142. The highest BCUT2D eigenvalue weighted by atomic mass is 16.5. The second-order valence-electron chi connectivity index (χ2n) is 4.58. The number of hydrogen-bond acceptors (Lipinski definition) is 3. The zero-order valence-corrected chi connectivity index (χ0v) is 9.71. The number of carbonyl (C=O) groups is 1. The van der Waals surface area contributed by atoms with Crippen LogP contribution in [-0.4, -0.2) is 19.1 Å². The SMILES string of the molecule is COC(=O)C(N)CC1CCCCCCC1. The number of esters is 1. The predicted octanol–water partition coefficient (Wildman–Crippen LogP) is 2.24.